The van der Waals surface area contributed by atoms with Crippen LogP contribution in [0.5, 0.6) is 0 Å². The van der Waals surface area contributed by atoms with Gasteiger partial charge in [0.2, 0.25) is 0 Å². The highest BCUT2D eigenvalue weighted by Crippen LogP contribution is 2.44. The van der Waals surface area contributed by atoms with E-state index in [4.69, 9.17) is 16.7 Å². The van der Waals surface area contributed by atoms with Gasteiger partial charge in [0.15, 0.2) is 5.78 Å². The maximum Gasteiger partial charge on any atom is 0.303 e. The molecule has 0 spiro atoms. The van der Waals surface area contributed by atoms with E-state index in [0.717, 1.165) is 28.8 Å². The van der Waals surface area contributed by atoms with Crippen LogP contribution in [-0.2, 0) is 11.2 Å². The third kappa shape index (κ3) is 3.19. The van der Waals surface area contributed by atoms with Crippen molar-refractivity contribution in [3.05, 3.63) is 55.7 Å². The van der Waals surface area contributed by atoms with Gasteiger partial charge >= 0.3 is 5.97 Å². The fraction of sp³-hybridized carbons (Fsp3) is 0.333. The number of rotatable bonds is 5. The van der Waals surface area contributed by atoms with Crippen molar-refractivity contribution < 1.29 is 14.7 Å². The molecule has 1 aromatic carbocycles. The predicted octanol–water partition coefficient (Wildman–Crippen LogP) is 4.84. The van der Waals surface area contributed by atoms with Crippen LogP contribution >= 0.6 is 22.9 Å². The number of aryl methyl sites for hydroxylation is 1. The number of thiophene rings is 1. The summed E-state index contributed by atoms with van der Waals surface area (Å²) < 4.78 is 0. The van der Waals surface area contributed by atoms with Gasteiger partial charge in [-0.15, -0.1) is 11.3 Å². The standard InChI is InChI=1S/C18H17ClO3S/c1-10-16(17(22)12-3-2-4-13(19)9-12)14-7-5-11(18(14)23-10)6-8-15(20)21/h2-4,9,11H,5-8H2,1H3,(H,20,21). The Kier molecular flexibility index (Phi) is 4.55. The number of aliphatic carboxylic acids is 1. The van der Waals surface area contributed by atoms with E-state index >= 15 is 0 Å². The number of carboxylic acids is 1. The van der Waals surface area contributed by atoms with Gasteiger partial charge in [-0.2, -0.15) is 0 Å². The molecule has 1 aromatic heterocycles. The van der Waals surface area contributed by atoms with Crippen LogP contribution < -0.4 is 0 Å². The van der Waals surface area contributed by atoms with Gasteiger partial charge in [-0.3, -0.25) is 9.59 Å². The zero-order chi connectivity index (χ0) is 16.6. The Morgan fingerprint density at radius 3 is 2.87 bits per heavy atom. The molecule has 1 heterocycles. The lowest BCUT2D eigenvalue weighted by Crippen LogP contribution is -2.04. The highest BCUT2D eigenvalue weighted by molar-refractivity contribution is 7.12. The van der Waals surface area contributed by atoms with Gasteiger partial charge in [-0.1, -0.05) is 23.7 Å². The molecule has 5 heteroatoms. The highest BCUT2D eigenvalue weighted by Gasteiger charge is 2.31. The zero-order valence-electron chi connectivity index (χ0n) is 12.8. The van der Waals surface area contributed by atoms with Crippen molar-refractivity contribution in [3.8, 4) is 0 Å². The van der Waals surface area contributed by atoms with Crippen molar-refractivity contribution in [2.24, 2.45) is 0 Å². The van der Waals surface area contributed by atoms with Crippen LogP contribution in [0.2, 0.25) is 5.02 Å². The van der Waals surface area contributed by atoms with Crippen LogP contribution in [0, 0.1) is 6.92 Å². The Bertz CT molecular complexity index is 779. The molecule has 0 saturated carbocycles. The molecule has 1 atom stereocenters. The summed E-state index contributed by atoms with van der Waals surface area (Å²) in [7, 11) is 0. The van der Waals surface area contributed by atoms with Crippen LogP contribution in [0.3, 0.4) is 0 Å². The lowest BCUT2D eigenvalue weighted by molar-refractivity contribution is -0.137. The van der Waals surface area contributed by atoms with E-state index in [-0.39, 0.29) is 18.1 Å². The number of hydrogen-bond acceptors (Lipinski definition) is 3. The SMILES string of the molecule is Cc1sc2c(c1C(=O)c1cccc(Cl)c1)CCC2CCC(=O)O. The van der Waals surface area contributed by atoms with E-state index in [0.29, 0.717) is 17.0 Å². The molecule has 0 bridgehead atoms. The molecular weight excluding hydrogens is 332 g/mol. The van der Waals surface area contributed by atoms with Gasteiger partial charge in [-0.05, 0) is 49.8 Å². The van der Waals surface area contributed by atoms with Gasteiger partial charge in [0.05, 0.1) is 0 Å². The largest absolute Gasteiger partial charge is 0.481 e. The Labute approximate surface area is 143 Å². The second-order valence-electron chi connectivity index (χ2n) is 5.88. The maximum absolute atomic E-state index is 12.9. The molecule has 0 radical (unpaired) electrons. The first-order valence-corrected chi connectivity index (χ1v) is 8.81. The highest BCUT2D eigenvalue weighted by atomic mass is 35.5. The molecule has 120 valence electrons. The van der Waals surface area contributed by atoms with E-state index < -0.39 is 5.97 Å². The minimum absolute atomic E-state index is 0.0152. The molecule has 23 heavy (non-hydrogen) atoms. The molecule has 1 unspecified atom stereocenters. The number of fused-ring (bicyclic) bond motifs is 1. The molecule has 0 saturated heterocycles. The van der Waals surface area contributed by atoms with Crippen LogP contribution in [-0.4, -0.2) is 16.9 Å². The van der Waals surface area contributed by atoms with E-state index in [1.54, 1.807) is 35.6 Å². The number of benzene rings is 1. The maximum atomic E-state index is 12.9. The van der Waals surface area contributed by atoms with E-state index in [1.165, 1.54) is 4.88 Å². The van der Waals surface area contributed by atoms with Crippen molar-refractivity contribution in [1.82, 2.24) is 0 Å². The smallest absolute Gasteiger partial charge is 0.303 e. The van der Waals surface area contributed by atoms with Crippen LogP contribution in [0.4, 0.5) is 0 Å². The Hall–Kier alpha value is -1.65. The summed E-state index contributed by atoms with van der Waals surface area (Å²) in [6.45, 7) is 1.97. The van der Waals surface area contributed by atoms with Crippen LogP contribution in [0.1, 0.15) is 56.4 Å². The molecule has 0 amide bonds. The van der Waals surface area contributed by atoms with Crippen molar-refractivity contribution >= 4 is 34.7 Å². The summed E-state index contributed by atoms with van der Waals surface area (Å²) in [6.07, 6.45) is 2.61. The monoisotopic (exact) mass is 348 g/mol. The summed E-state index contributed by atoms with van der Waals surface area (Å²) >= 11 is 7.64. The lowest BCUT2D eigenvalue weighted by atomic mass is 9.98. The summed E-state index contributed by atoms with van der Waals surface area (Å²) in [5, 5.41) is 9.44. The molecule has 1 aliphatic rings. The molecule has 3 nitrogen and oxygen atoms in total. The molecule has 0 aliphatic heterocycles. The third-order valence-corrected chi connectivity index (χ3v) is 5.89. The summed E-state index contributed by atoms with van der Waals surface area (Å²) in [5.74, 6) is -0.478. The molecule has 1 aliphatic carbocycles. The second-order valence-corrected chi connectivity index (χ2v) is 7.58. The average molecular weight is 349 g/mol. The minimum atomic E-state index is -0.762. The molecule has 2 aromatic rings. The first kappa shape index (κ1) is 16.2. The van der Waals surface area contributed by atoms with Crippen LogP contribution in [0.25, 0.3) is 0 Å². The molecule has 0 fully saturated rings. The van der Waals surface area contributed by atoms with Gasteiger partial charge in [0.1, 0.15) is 0 Å². The van der Waals surface area contributed by atoms with E-state index in [2.05, 4.69) is 0 Å². The second kappa shape index (κ2) is 6.46. The van der Waals surface area contributed by atoms with Gasteiger partial charge in [0, 0.05) is 32.3 Å². The van der Waals surface area contributed by atoms with Gasteiger partial charge < -0.3 is 5.11 Å². The number of halogens is 1. The molecular formula is C18H17ClO3S. The van der Waals surface area contributed by atoms with Gasteiger partial charge in [0.25, 0.3) is 0 Å². The Morgan fingerprint density at radius 2 is 2.17 bits per heavy atom. The minimum Gasteiger partial charge on any atom is -0.481 e. The van der Waals surface area contributed by atoms with E-state index in [1.807, 2.05) is 6.92 Å². The number of carbonyl (C=O) groups excluding carboxylic acids is 1. The molecule has 3 rings (SSSR count). The number of hydrogen-bond donors (Lipinski definition) is 1. The zero-order valence-corrected chi connectivity index (χ0v) is 14.3. The number of carboxylic acid groups (broad SMARTS) is 1. The molecule has 1 N–H and O–H groups in total. The van der Waals surface area contributed by atoms with Crippen molar-refractivity contribution in [2.75, 3.05) is 0 Å². The first-order chi connectivity index (χ1) is 11.0. The van der Waals surface area contributed by atoms with Crippen molar-refractivity contribution in [2.45, 2.75) is 38.5 Å². The van der Waals surface area contributed by atoms with Crippen molar-refractivity contribution in [1.29, 1.82) is 0 Å². The van der Waals surface area contributed by atoms with Gasteiger partial charge in [-0.25, -0.2) is 0 Å². The Balaban J connectivity index is 1.92. The van der Waals surface area contributed by atoms with E-state index in [9.17, 15) is 9.59 Å². The number of carbonyl (C=O) groups is 2. The van der Waals surface area contributed by atoms with Crippen LogP contribution in [0.15, 0.2) is 24.3 Å². The lowest BCUT2D eigenvalue weighted by Gasteiger charge is -2.06. The first-order valence-electron chi connectivity index (χ1n) is 7.61. The fourth-order valence-corrected chi connectivity index (χ4v) is 4.85. The summed E-state index contributed by atoms with van der Waals surface area (Å²) in [5.41, 5.74) is 2.52. The normalized spacial score (nSPS) is 16.3. The summed E-state index contributed by atoms with van der Waals surface area (Å²) in [4.78, 5) is 25.9. The average Bonchev–Trinajstić information content (AvgIpc) is 3.02. The fourth-order valence-electron chi connectivity index (χ4n) is 3.28. The quantitative estimate of drug-likeness (QED) is 0.787. The number of ketones is 1. The Morgan fingerprint density at radius 1 is 1.39 bits per heavy atom. The summed E-state index contributed by atoms with van der Waals surface area (Å²) in [6, 6.07) is 7.02. The van der Waals surface area contributed by atoms with Crippen molar-refractivity contribution in [3.63, 3.8) is 0 Å². The predicted molar refractivity (Wildman–Crippen MR) is 91.9 cm³/mol. The topological polar surface area (TPSA) is 54.4 Å². The third-order valence-electron chi connectivity index (χ3n) is 4.35.